The molecule has 0 heterocycles. The second kappa shape index (κ2) is 7.53. The summed E-state index contributed by atoms with van der Waals surface area (Å²) in [6.45, 7) is 4.21. The Morgan fingerprint density at radius 2 is 1.89 bits per heavy atom. The predicted octanol–water partition coefficient (Wildman–Crippen LogP) is 1.32. The molecule has 1 aromatic rings. The molecular weight excluding hydrogens is 244 g/mol. The Labute approximate surface area is 113 Å². The van der Waals surface area contributed by atoms with E-state index in [1.165, 1.54) is 0 Å². The molecule has 3 N–H and O–H groups in total. The van der Waals surface area contributed by atoms with Crippen LogP contribution in [-0.2, 0) is 9.59 Å². The summed E-state index contributed by atoms with van der Waals surface area (Å²) in [4.78, 5) is 23.0. The third-order valence-electron chi connectivity index (χ3n) is 2.74. The number of rotatable bonds is 7. The van der Waals surface area contributed by atoms with E-state index in [1.54, 1.807) is 31.2 Å². The second-order valence-corrected chi connectivity index (χ2v) is 4.36. The molecule has 2 atom stereocenters. The Balaban J connectivity index is 2.69. The molecule has 0 aliphatic carbocycles. The molecule has 1 aromatic carbocycles. The first-order chi connectivity index (χ1) is 9.06. The van der Waals surface area contributed by atoms with Crippen molar-refractivity contribution >= 4 is 11.9 Å². The van der Waals surface area contributed by atoms with Crippen molar-refractivity contribution in [2.24, 2.45) is 0 Å². The van der Waals surface area contributed by atoms with Crippen molar-refractivity contribution in [3.63, 3.8) is 0 Å². The molecule has 0 spiro atoms. The number of carboxylic acids is 1. The van der Waals surface area contributed by atoms with Crippen molar-refractivity contribution in [3.05, 3.63) is 35.9 Å². The van der Waals surface area contributed by atoms with Gasteiger partial charge in [0, 0.05) is 6.54 Å². The van der Waals surface area contributed by atoms with Crippen molar-refractivity contribution in [2.45, 2.75) is 32.4 Å². The molecule has 2 unspecified atom stereocenters. The van der Waals surface area contributed by atoms with Gasteiger partial charge in [-0.05, 0) is 18.9 Å². The number of hydrogen-bond acceptors (Lipinski definition) is 3. The number of benzene rings is 1. The lowest BCUT2D eigenvalue weighted by Crippen LogP contribution is -2.45. The number of aliphatic carboxylic acids is 1. The Morgan fingerprint density at radius 1 is 1.26 bits per heavy atom. The SMILES string of the molecule is CCCNC(=O)C(C)NC(C(=O)O)c1ccccc1. The monoisotopic (exact) mass is 264 g/mol. The molecule has 0 bridgehead atoms. The van der Waals surface area contributed by atoms with Crippen LogP contribution in [0.15, 0.2) is 30.3 Å². The topological polar surface area (TPSA) is 78.4 Å². The first-order valence-corrected chi connectivity index (χ1v) is 6.37. The van der Waals surface area contributed by atoms with Crippen LogP contribution in [0.3, 0.4) is 0 Å². The average molecular weight is 264 g/mol. The highest BCUT2D eigenvalue weighted by atomic mass is 16.4. The fourth-order valence-electron chi connectivity index (χ4n) is 1.68. The van der Waals surface area contributed by atoms with Gasteiger partial charge in [-0.1, -0.05) is 37.3 Å². The van der Waals surface area contributed by atoms with E-state index in [4.69, 9.17) is 0 Å². The molecule has 5 nitrogen and oxygen atoms in total. The summed E-state index contributed by atoms with van der Waals surface area (Å²) in [7, 11) is 0. The van der Waals surface area contributed by atoms with E-state index in [0.717, 1.165) is 6.42 Å². The quantitative estimate of drug-likeness (QED) is 0.694. The molecule has 0 saturated heterocycles. The van der Waals surface area contributed by atoms with E-state index in [0.29, 0.717) is 12.1 Å². The highest BCUT2D eigenvalue weighted by Crippen LogP contribution is 2.13. The highest BCUT2D eigenvalue weighted by Gasteiger charge is 2.24. The third kappa shape index (κ3) is 4.71. The normalized spacial score (nSPS) is 13.6. The lowest BCUT2D eigenvalue weighted by atomic mass is 10.1. The summed E-state index contributed by atoms with van der Waals surface area (Å²) in [6.07, 6.45) is 0.847. The summed E-state index contributed by atoms with van der Waals surface area (Å²) >= 11 is 0. The van der Waals surface area contributed by atoms with Crippen LogP contribution in [0.25, 0.3) is 0 Å². The van der Waals surface area contributed by atoms with Crippen LogP contribution in [0, 0.1) is 0 Å². The molecule has 1 rings (SSSR count). The first-order valence-electron chi connectivity index (χ1n) is 6.37. The number of carbonyl (C=O) groups excluding carboxylic acids is 1. The van der Waals surface area contributed by atoms with Crippen molar-refractivity contribution in [1.29, 1.82) is 0 Å². The maximum atomic E-state index is 11.7. The van der Waals surface area contributed by atoms with Crippen LogP contribution in [0.1, 0.15) is 31.9 Å². The molecule has 0 radical (unpaired) electrons. The molecule has 0 aliphatic heterocycles. The fraction of sp³-hybridized carbons (Fsp3) is 0.429. The zero-order chi connectivity index (χ0) is 14.3. The molecule has 5 heteroatoms. The molecule has 0 saturated carbocycles. The lowest BCUT2D eigenvalue weighted by molar-refractivity contribution is -0.140. The molecule has 0 aliphatic rings. The summed E-state index contributed by atoms with van der Waals surface area (Å²) in [5.74, 6) is -1.19. The summed E-state index contributed by atoms with van der Waals surface area (Å²) in [6, 6.07) is 7.37. The lowest BCUT2D eigenvalue weighted by Gasteiger charge is -2.20. The van der Waals surface area contributed by atoms with Gasteiger partial charge in [0.2, 0.25) is 5.91 Å². The van der Waals surface area contributed by atoms with Crippen LogP contribution >= 0.6 is 0 Å². The van der Waals surface area contributed by atoms with Gasteiger partial charge in [-0.2, -0.15) is 0 Å². The van der Waals surface area contributed by atoms with Gasteiger partial charge < -0.3 is 10.4 Å². The predicted molar refractivity (Wildman–Crippen MR) is 72.7 cm³/mol. The largest absolute Gasteiger partial charge is 0.480 e. The van der Waals surface area contributed by atoms with Crippen LogP contribution < -0.4 is 10.6 Å². The van der Waals surface area contributed by atoms with Crippen LogP contribution in [0.2, 0.25) is 0 Å². The standard InChI is InChI=1S/C14H20N2O3/c1-3-9-15-13(17)10(2)16-12(14(18)19)11-7-5-4-6-8-11/h4-8,10,12,16H,3,9H2,1-2H3,(H,15,17)(H,18,19). The van der Waals surface area contributed by atoms with Crippen LogP contribution in [-0.4, -0.2) is 29.6 Å². The summed E-state index contributed by atoms with van der Waals surface area (Å²) in [5, 5.41) is 14.8. The van der Waals surface area contributed by atoms with Crippen LogP contribution in [0.4, 0.5) is 0 Å². The van der Waals surface area contributed by atoms with Gasteiger partial charge in [-0.3, -0.25) is 14.9 Å². The van der Waals surface area contributed by atoms with Crippen molar-refractivity contribution in [2.75, 3.05) is 6.54 Å². The van der Waals surface area contributed by atoms with E-state index < -0.39 is 18.1 Å². The third-order valence-corrected chi connectivity index (χ3v) is 2.74. The van der Waals surface area contributed by atoms with Crippen molar-refractivity contribution < 1.29 is 14.7 Å². The summed E-state index contributed by atoms with van der Waals surface area (Å²) in [5.41, 5.74) is 0.630. The van der Waals surface area contributed by atoms with Gasteiger partial charge in [-0.15, -0.1) is 0 Å². The zero-order valence-corrected chi connectivity index (χ0v) is 11.2. The zero-order valence-electron chi connectivity index (χ0n) is 11.2. The maximum absolute atomic E-state index is 11.7. The van der Waals surface area contributed by atoms with Gasteiger partial charge in [0.05, 0.1) is 6.04 Å². The molecule has 0 aromatic heterocycles. The minimum atomic E-state index is -0.999. The van der Waals surface area contributed by atoms with E-state index >= 15 is 0 Å². The van der Waals surface area contributed by atoms with Gasteiger partial charge in [0.1, 0.15) is 6.04 Å². The van der Waals surface area contributed by atoms with Gasteiger partial charge >= 0.3 is 5.97 Å². The number of carboxylic acid groups (broad SMARTS) is 1. The van der Waals surface area contributed by atoms with E-state index in [-0.39, 0.29) is 5.91 Å². The maximum Gasteiger partial charge on any atom is 0.325 e. The van der Waals surface area contributed by atoms with E-state index in [9.17, 15) is 14.7 Å². The van der Waals surface area contributed by atoms with Gasteiger partial charge in [0.15, 0.2) is 0 Å². The summed E-state index contributed by atoms with van der Waals surface area (Å²) < 4.78 is 0. The van der Waals surface area contributed by atoms with Crippen molar-refractivity contribution in [1.82, 2.24) is 10.6 Å². The number of carbonyl (C=O) groups is 2. The Bertz CT molecular complexity index is 420. The molecule has 104 valence electrons. The highest BCUT2D eigenvalue weighted by molar-refractivity contribution is 5.83. The van der Waals surface area contributed by atoms with Crippen LogP contribution in [0.5, 0.6) is 0 Å². The van der Waals surface area contributed by atoms with Crippen molar-refractivity contribution in [3.8, 4) is 0 Å². The van der Waals surface area contributed by atoms with Gasteiger partial charge in [-0.25, -0.2) is 0 Å². The average Bonchev–Trinajstić information content (AvgIpc) is 2.42. The Morgan fingerprint density at radius 3 is 2.42 bits per heavy atom. The van der Waals surface area contributed by atoms with E-state index in [1.807, 2.05) is 13.0 Å². The molecule has 19 heavy (non-hydrogen) atoms. The molecular formula is C14H20N2O3. The smallest absolute Gasteiger partial charge is 0.325 e. The molecule has 0 fully saturated rings. The Hall–Kier alpha value is -1.88. The first kappa shape index (κ1) is 15.2. The minimum absolute atomic E-state index is 0.191. The van der Waals surface area contributed by atoms with E-state index in [2.05, 4.69) is 10.6 Å². The second-order valence-electron chi connectivity index (χ2n) is 4.36. The number of hydrogen-bond donors (Lipinski definition) is 3. The molecule has 1 amide bonds. The Kier molecular flexibility index (Phi) is 6.02. The minimum Gasteiger partial charge on any atom is -0.480 e. The van der Waals surface area contributed by atoms with Gasteiger partial charge in [0.25, 0.3) is 0 Å². The number of nitrogens with one attached hydrogen (secondary N) is 2. The number of amides is 1. The fourth-order valence-corrected chi connectivity index (χ4v) is 1.68.